The van der Waals surface area contributed by atoms with Gasteiger partial charge in [0.05, 0.1) is 6.04 Å². The average Bonchev–Trinajstić information content (AvgIpc) is 3.22. The van der Waals surface area contributed by atoms with Crippen LogP contribution in [-0.2, 0) is 24.0 Å². The molecule has 1 heterocycles. The second-order valence-electron chi connectivity index (χ2n) is 7.05. The lowest BCUT2D eigenvalue weighted by atomic mass is 10.1. The summed E-state index contributed by atoms with van der Waals surface area (Å²) in [5.74, 6) is -3.59. The molecular formula is C18H30N4O7S. The van der Waals surface area contributed by atoms with E-state index in [1.807, 2.05) is 6.26 Å². The van der Waals surface area contributed by atoms with E-state index >= 15 is 0 Å². The Bertz CT molecular complexity index is 640. The highest BCUT2D eigenvalue weighted by atomic mass is 32.2. The first-order valence-electron chi connectivity index (χ1n) is 9.73. The van der Waals surface area contributed by atoms with Gasteiger partial charge in [0.1, 0.15) is 18.1 Å². The van der Waals surface area contributed by atoms with Gasteiger partial charge in [-0.3, -0.25) is 19.2 Å². The van der Waals surface area contributed by atoms with Gasteiger partial charge in [0, 0.05) is 6.42 Å². The van der Waals surface area contributed by atoms with Crippen LogP contribution in [0.15, 0.2) is 0 Å². The van der Waals surface area contributed by atoms with Crippen molar-refractivity contribution < 1.29 is 34.2 Å². The van der Waals surface area contributed by atoms with Gasteiger partial charge in [-0.25, -0.2) is 4.79 Å². The molecule has 0 aliphatic carbocycles. The summed E-state index contributed by atoms with van der Waals surface area (Å²) in [4.78, 5) is 59.2. The maximum absolute atomic E-state index is 12.6. The largest absolute Gasteiger partial charge is 0.481 e. The summed E-state index contributed by atoms with van der Waals surface area (Å²) in [7, 11) is 0. The molecule has 1 aliphatic rings. The highest BCUT2D eigenvalue weighted by Crippen LogP contribution is 2.06. The third kappa shape index (κ3) is 8.99. The molecule has 0 saturated carbocycles. The standard InChI is InChI=1S/C18H30N4O7S/c1-10(20-16(26)11-4-3-8-19-11)15(25)21-12(7-9-30-2)17(27)22-13(18(28)29)5-6-14(23)24/h10-13,19H,3-9H2,1-2H3,(H,20,26)(H,21,25)(H,22,27)(H,23,24)(H,28,29). The fraction of sp³-hybridized carbons (Fsp3) is 0.722. The number of thioether (sulfide) groups is 1. The van der Waals surface area contributed by atoms with Crippen LogP contribution in [-0.4, -0.2) is 82.6 Å². The summed E-state index contributed by atoms with van der Waals surface area (Å²) < 4.78 is 0. The molecule has 3 amide bonds. The van der Waals surface area contributed by atoms with Crippen LogP contribution < -0.4 is 21.3 Å². The lowest BCUT2D eigenvalue weighted by molar-refractivity contribution is -0.143. The molecule has 0 bridgehead atoms. The Morgan fingerprint density at radius 3 is 2.23 bits per heavy atom. The number of hydrogen-bond donors (Lipinski definition) is 6. The van der Waals surface area contributed by atoms with Crippen molar-refractivity contribution >= 4 is 41.4 Å². The molecule has 170 valence electrons. The summed E-state index contributed by atoms with van der Waals surface area (Å²) in [6, 6.07) is -3.62. The second kappa shape index (κ2) is 13.1. The minimum absolute atomic E-state index is 0.245. The number of hydrogen-bond acceptors (Lipinski definition) is 7. The van der Waals surface area contributed by atoms with E-state index in [4.69, 9.17) is 5.11 Å². The molecule has 0 aromatic carbocycles. The molecule has 4 atom stereocenters. The van der Waals surface area contributed by atoms with Crippen LogP contribution in [0.25, 0.3) is 0 Å². The Hall–Kier alpha value is -2.34. The van der Waals surface area contributed by atoms with Gasteiger partial charge in [-0.05, 0) is 51.2 Å². The van der Waals surface area contributed by atoms with Crippen molar-refractivity contribution in [3.63, 3.8) is 0 Å². The highest BCUT2D eigenvalue weighted by Gasteiger charge is 2.29. The number of amides is 3. The number of carboxylic acid groups (broad SMARTS) is 2. The molecule has 0 aromatic rings. The predicted molar refractivity (Wildman–Crippen MR) is 110 cm³/mol. The van der Waals surface area contributed by atoms with E-state index < -0.39 is 48.3 Å². The predicted octanol–water partition coefficient (Wildman–Crippen LogP) is -1.08. The third-order valence-electron chi connectivity index (χ3n) is 4.63. The van der Waals surface area contributed by atoms with Crippen molar-refractivity contribution in [1.29, 1.82) is 0 Å². The van der Waals surface area contributed by atoms with Crippen molar-refractivity contribution in [2.24, 2.45) is 0 Å². The smallest absolute Gasteiger partial charge is 0.326 e. The topological polar surface area (TPSA) is 174 Å². The number of carbonyl (C=O) groups is 5. The van der Waals surface area contributed by atoms with E-state index in [1.54, 1.807) is 0 Å². The number of rotatable bonds is 13. The SMILES string of the molecule is CSCCC(NC(=O)C(C)NC(=O)C1CCCN1)C(=O)NC(CCC(=O)O)C(=O)O. The van der Waals surface area contributed by atoms with E-state index in [-0.39, 0.29) is 24.8 Å². The summed E-state index contributed by atoms with van der Waals surface area (Å²) in [6.07, 6.45) is 2.93. The summed E-state index contributed by atoms with van der Waals surface area (Å²) in [5.41, 5.74) is 0. The van der Waals surface area contributed by atoms with Crippen LogP contribution in [0.2, 0.25) is 0 Å². The van der Waals surface area contributed by atoms with Gasteiger partial charge in [-0.15, -0.1) is 0 Å². The van der Waals surface area contributed by atoms with Crippen LogP contribution in [0.5, 0.6) is 0 Å². The summed E-state index contributed by atoms with van der Waals surface area (Å²) >= 11 is 1.45. The zero-order valence-corrected chi connectivity index (χ0v) is 17.9. The van der Waals surface area contributed by atoms with Gasteiger partial charge in [0.25, 0.3) is 0 Å². The van der Waals surface area contributed by atoms with Gasteiger partial charge in [-0.2, -0.15) is 11.8 Å². The van der Waals surface area contributed by atoms with Gasteiger partial charge in [0.2, 0.25) is 17.7 Å². The fourth-order valence-electron chi connectivity index (χ4n) is 2.89. The number of nitrogens with one attached hydrogen (secondary N) is 4. The van der Waals surface area contributed by atoms with Crippen molar-refractivity contribution in [2.75, 3.05) is 18.6 Å². The normalized spacial score (nSPS) is 18.7. The third-order valence-corrected chi connectivity index (χ3v) is 5.28. The Balaban J connectivity index is 2.69. The van der Waals surface area contributed by atoms with E-state index in [2.05, 4.69) is 21.3 Å². The van der Waals surface area contributed by atoms with Crippen molar-refractivity contribution in [3.05, 3.63) is 0 Å². The van der Waals surface area contributed by atoms with E-state index in [1.165, 1.54) is 18.7 Å². The lowest BCUT2D eigenvalue weighted by Crippen LogP contribution is -2.56. The molecule has 1 rings (SSSR count). The molecule has 6 N–H and O–H groups in total. The minimum atomic E-state index is -1.38. The Kier molecular flexibility index (Phi) is 11.2. The zero-order valence-electron chi connectivity index (χ0n) is 17.1. The molecule has 12 heteroatoms. The van der Waals surface area contributed by atoms with Gasteiger partial charge >= 0.3 is 11.9 Å². The minimum Gasteiger partial charge on any atom is -0.481 e. The van der Waals surface area contributed by atoms with Crippen LogP contribution in [0, 0.1) is 0 Å². The zero-order chi connectivity index (χ0) is 22.7. The molecule has 1 aliphatic heterocycles. The fourth-order valence-corrected chi connectivity index (χ4v) is 3.36. The monoisotopic (exact) mass is 446 g/mol. The Labute approximate surface area is 179 Å². The van der Waals surface area contributed by atoms with Crippen LogP contribution in [0.4, 0.5) is 0 Å². The number of carbonyl (C=O) groups excluding carboxylic acids is 3. The maximum Gasteiger partial charge on any atom is 0.326 e. The second-order valence-corrected chi connectivity index (χ2v) is 8.04. The molecule has 11 nitrogen and oxygen atoms in total. The van der Waals surface area contributed by atoms with Gasteiger partial charge in [0.15, 0.2) is 0 Å². The highest BCUT2D eigenvalue weighted by molar-refractivity contribution is 7.98. The van der Waals surface area contributed by atoms with E-state index in [0.29, 0.717) is 12.2 Å². The van der Waals surface area contributed by atoms with Crippen molar-refractivity contribution in [2.45, 2.75) is 63.2 Å². The Morgan fingerprint density at radius 2 is 1.70 bits per heavy atom. The quantitative estimate of drug-likeness (QED) is 0.205. The average molecular weight is 447 g/mol. The first kappa shape index (κ1) is 25.7. The molecule has 0 radical (unpaired) electrons. The molecule has 1 saturated heterocycles. The molecule has 0 spiro atoms. The first-order chi connectivity index (χ1) is 14.1. The summed E-state index contributed by atoms with van der Waals surface area (Å²) in [6.45, 7) is 2.24. The van der Waals surface area contributed by atoms with Crippen LogP contribution in [0.1, 0.15) is 39.0 Å². The van der Waals surface area contributed by atoms with Gasteiger partial charge < -0.3 is 31.5 Å². The Morgan fingerprint density at radius 1 is 1.03 bits per heavy atom. The lowest BCUT2D eigenvalue weighted by Gasteiger charge is -2.23. The van der Waals surface area contributed by atoms with E-state index in [0.717, 1.165) is 13.0 Å². The number of aliphatic carboxylic acids is 2. The maximum atomic E-state index is 12.6. The van der Waals surface area contributed by atoms with Crippen molar-refractivity contribution in [1.82, 2.24) is 21.3 Å². The molecule has 1 fully saturated rings. The summed E-state index contributed by atoms with van der Waals surface area (Å²) in [5, 5.41) is 28.4. The number of carboxylic acids is 2. The molecule has 0 aromatic heterocycles. The first-order valence-corrected chi connectivity index (χ1v) is 11.1. The molecular weight excluding hydrogens is 416 g/mol. The molecule has 4 unspecified atom stereocenters. The van der Waals surface area contributed by atoms with Crippen LogP contribution in [0.3, 0.4) is 0 Å². The van der Waals surface area contributed by atoms with Crippen LogP contribution >= 0.6 is 11.8 Å². The van der Waals surface area contributed by atoms with E-state index in [9.17, 15) is 29.1 Å². The van der Waals surface area contributed by atoms with Crippen molar-refractivity contribution in [3.8, 4) is 0 Å². The molecule has 30 heavy (non-hydrogen) atoms. The van der Waals surface area contributed by atoms with Gasteiger partial charge in [-0.1, -0.05) is 0 Å².